The van der Waals surface area contributed by atoms with Gasteiger partial charge in [-0.25, -0.2) is 9.78 Å². The third-order valence-electron chi connectivity index (χ3n) is 4.69. The molecule has 0 fully saturated rings. The van der Waals surface area contributed by atoms with Crippen molar-refractivity contribution in [3.8, 4) is 0 Å². The summed E-state index contributed by atoms with van der Waals surface area (Å²) < 4.78 is 0. The highest BCUT2D eigenvalue weighted by atomic mass is 16.2. The molecule has 5 heteroatoms. The van der Waals surface area contributed by atoms with Gasteiger partial charge in [-0.15, -0.1) is 0 Å². The summed E-state index contributed by atoms with van der Waals surface area (Å²) in [6.07, 6.45) is 4.42. The van der Waals surface area contributed by atoms with Gasteiger partial charge in [0.05, 0.1) is 0 Å². The van der Waals surface area contributed by atoms with Gasteiger partial charge in [0.25, 0.3) is 0 Å². The van der Waals surface area contributed by atoms with Crippen LogP contribution in [-0.4, -0.2) is 27.9 Å². The van der Waals surface area contributed by atoms with Crippen LogP contribution in [0, 0.1) is 0 Å². The third-order valence-corrected chi connectivity index (χ3v) is 4.69. The van der Waals surface area contributed by atoms with Crippen LogP contribution < -0.4 is 5.32 Å². The molecular weight excluding hydrogens is 336 g/mol. The van der Waals surface area contributed by atoms with Gasteiger partial charge in [0.2, 0.25) is 0 Å². The Balaban J connectivity index is 0.00000210. The van der Waals surface area contributed by atoms with E-state index < -0.39 is 0 Å². The van der Waals surface area contributed by atoms with Crippen molar-refractivity contribution < 1.29 is 7.65 Å². The van der Waals surface area contributed by atoms with Crippen LogP contribution in [0.1, 0.15) is 22.3 Å². The Morgan fingerprint density at radius 1 is 1.22 bits per heavy atom. The summed E-state index contributed by atoms with van der Waals surface area (Å²) in [7, 11) is 1.77. The maximum Gasteiger partial charge on any atom is 0.325 e. The molecule has 0 spiro atoms. The molecule has 0 aliphatic carbocycles. The summed E-state index contributed by atoms with van der Waals surface area (Å²) in [4.78, 5) is 21.8. The smallest absolute Gasteiger partial charge is 0.325 e. The van der Waals surface area contributed by atoms with Crippen molar-refractivity contribution >= 4 is 22.8 Å². The fourth-order valence-electron chi connectivity index (χ4n) is 3.02. The molecule has 0 radical (unpaired) electrons. The number of aromatic amines is 1. The van der Waals surface area contributed by atoms with E-state index in [9.17, 15) is 4.79 Å². The normalized spacial score (nSPS) is 11.8. The minimum absolute atomic E-state index is 0. The molecule has 0 aliphatic rings. The first-order valence-corrected chi connectivity index (χ1v) is 8.83. The molecule has 5 nitrogen and oxygen atoms in total. The van der Waals surface area contributed by atoms with Crippen molar-refractivity contribution in [2.24, 2.45) is 0 Å². The first-order chi connectivity index (χ1) is 13.0. The second kappa shape index (κ2) is 7.91. The number of urea groups is 1. The molecule has 0 atom stereocenters. The Morgan fingerprint density at radius 3 is 2.67 bits per heavy atom. The Labute approximate surface area is 162 Å². The van der Waals surface area contributed by atoms with E-state index in [2.05, 4.69) is 21.9 Å². The van der Waals surface area contributed by atoms with Gasteiger partial charge in [-0.05, 0) is 49.2 Å². The standard InChI is InChI=1S/C22H24N4O.2H2/c1-15(2)20(13-17-14-24-21-19(17)11-8-12-23-21)16(3)26(4)22(27)25-18-9-6-5-7-10-18;;/h5-12,14H,1,13H2,2-4H3,(H,23,24)(H,25,27);2*1H/b20-16-;;. The number of allylic oxidation sites excluding steroid dienone is 3. The Kier molecular flexibility index (Phi) is 5.41. The van der Waals surface area contributed by atoms with E-state index >= 15 is 0 Å². The number of H-pyrrole nitrogens is 1. The zero-order valence-electron chi connectivity index (χ0n) is 15.9. The van der Waals surface area contributed by atoms with E-state index in [0.717, 1.165) is 39.1 Å². The van der Waals surface area contributed by atoms with Gasteiger partial charge in [0, 0.05) is 45.5 Å². The molecule has 0 bridgehead atoms. The molecule has 2 aromatic heterocycles. The van der Waals surface area contributed by atoms with Crippen LogP contribution in [0.5, 0.6) is 0 Å². The number of pyridine rings is 1. The van der Waals surface area contributed by atoms with Crippen molar-refractivity contribution in [1.29, 1.82) is 0 Å². The van der Waals surface area contributed by atoms with Crippen LogP contribution in [0.25, 0.3) is 11.0 Å². The quantitative estimate of drug-likeness (QED) is 0.578. The van der Waals surface area contributed by atoms with Crippen LogP contribution in [0.4, 0.5) is 10.5 Å². The summed E-state index contributed by atoms with van der Waals surface area (Å²) in [6.45, 7) is 8.03. The van der Waals surface area contributed by atoms with Gasteiger partial charge in [-0.3, -0.25) is 0 Å². The Bertz CT molecular complexity index is 1010. The maximum atomic E-state index is 12.6. The van der Waals surface area contributed by atoms with Crippen LogP contribution in [0.2, 0.25) is 0 Å². The fourth-order valence-corrected chi connectivity index (χ4v) is 3.02. The van der Waals surface area contributed by atoms with Crippen LogP contribution in [-0.2, 0) is 6.42 Å². The van der Waals surface area contributed by atoms with E-state index in [-0.39, 0.29) is 8.88 Å². The molecule has 1 aromatic carbocycles. The predicted molar refractivity (Wildman–Crippen MR) is 115 cm³/mol. The van der Waals surface area contributed by atoms with E-state index in [1.807, 2.05) is 62.5 Å². The molecule has 27 heavy (non-hydrogen) atoms. The number of aromatic nitrogens is 2. The van der Waals surface area contributed by atoms with Gasteiger partial charge in [-0.1, -0.05) is 30.4 Å². The molecule has 3 aromatic rings. The summed E-state index contributed by atoms with van der Waals surface area (Å²) in [5.41, 5.74) is 5.60. The van der Waals surface area contributed by atoms with Crippen LogP contribution in [0.3, 0.4) is 0 Å². The summed E-state index contributed by atoms with van der Waals surface area (Å²) in [6, 6.07) is 13.2. The number of para-hydroxylation sites is 1. The van der Waals surface area contributed by atoms with Crippen molar-refractivity contribution in [3.63, 3.8) is 0 Å². The predicted octanol–water partition coefficient (Wildman–Crippen LogP) is 5.61. The lowest BCUT2D eigenvalue weighted by Crippen LogP contribution is -2.31. The third kappa shape index (κ3) is 4.08. The van der Waals surface area contributed by atoms with E-state index in [1.165, 1.54) is 0 Å². The number of carbonyl (C=O) groups excluding carboxylic acids is 1. The first kappa shape index (κ1) is 18.5. The zero-order valence-corrected chi connectivity index (χ0v) is 15.9. The lowest BCUT2D eigenvalue weighted by atomic mass is 9.98. The monoisotopic (exact) mass is 364 g/mol. The van der Waals surface area contributed by atoms with Crippen molar-refractivity contribution in [2.75, 3.05) is 12.4 Å². The minimum atomic E-state index is -0.182. The lowest BCUT2D eigenvalue weighted by Gasteiger charge is -2.23. The molecule has 2 heterocycles. The van der Waals surface area contributed by atoms with E-state index in [0.29, 0.717) is 6.42 Å². The number of nitrogens with one attached hydrogen (secondary N) is 2. The molecule has 3 rings (SSSR count). The summed E-state index contributed by atoms with van der Waals surface area (Å²) >= 11 is 0. The lowest BCUT2D eigenvalue weighted by molar-refractivity contribution is 0.232. The number of anilines is 1. The van der Waals surface area contributed by atoms with Gasteiger partial charge >= 0.3 is 6.03 Å². The topological polar surface area (TPSA) is 61.0 Å². The highest BCUT2D eigenvalue weighted by Crippen LogP contribution is 2.25. The molecular formula is C22H28N4O. The summed E-state index contributed by atoms with van der Waals surface area (Å²) in [5, 5.41) is 4.00. The number of hydrogen-bond acceptors (Lipinski definition) is 2. The highest BCUT2D eigenvalue weighted by molar-refractivity contribution is 5.90. The molecule has 0 saturated heterocycles. The van der Waals surface area contributed by atoms with Gasteiger partial charge in [-0.2, -0.15) is 0 Å². The average molecular weight is 364 g/mol. The number of amides is 2. The number of fused-ring (bicyclic) bond motifs is 1. The number of rotatable bonds is 5. The molecule has 142 valence electrons. The molecule has 0 aliphatic heterocycles. The average Bonchev–Trinajstić information content (AvgIpc) is 3.08. The minimum Gasteiger partial charge on any atom is -0.346 e. The number of carbonyl (C=O) groups is 1. The molecule has 0 unspecified atom stereocenters. The fraction of sp³-hybridized carbons (Fsp3) is 0.182. The molecule has 2 amide bonds. The maximum absolute atomic E-state index is 12.6. The van der Waals surface area contributed by atoms with Crippen molar-refractivity contribution in [1.82, 2.24) is 14.9 Å². The number of benzene rings is 1. The molecule has 2 N–H and O–H groups in total. The van der Waals surface area contributed by atoms with Crippen LogP contribution >= 0.6 is 0 Å². The Hall–Kier alpha value is -3.34. The zero-order chi connectivity index (χ0) is 19.4. The highest BCUT2D eigenvalue weighted by Gasteiger charge is 2.16. The Morgan fingerprint density at radius 2 is 1.96 bits per heavy atom. The van der Waals surface area contributed by atoms with Gasteiger partial charge < -0.3 is 15.2 Å². The summed E-state index contributed by atoms with van der Waals surface area (Å²) in [5.74, 6) is 0. The van der Waals surface area contributed by atoms with Gasteiger partial charge in [0.15, 0.2) is 0 Å². The second-order valence-electron chi connectivity index (χ2n) is 6.59. The second-order valence-corrected chi connectivity index (χ2v) is 6.59. The molecule has 0 saturated carbocycles. The van der Waals surface area contributed by atoms with Crippen molar-refractivity contribution in [3.05, 3.63) is 83.8 Å². The number of hydrogen-bond donors (Lipinski definition) is 2. The SMILES string of the molecule is C=C(C)/C(Cc1c[nH]c2ncccc12)=C(/C)N(C)C(=O)Nc1ccccc1.[HH].[HH]. The van der Waals surface area contributed by atoms with E-state index in [4.69, 9.17) is 0 Å². The van der Waals surface area contributed by atoms with E-state index in [1.54, 1.807) is 18.1 Å². The first-order valence-electron chi connectivity index (χ1n) is 8.83. The van der Waals surface area contributed by atoms with Gasteiger partial charge in [0.1, 0.15) is 5.65 Å². The van der Waals surface area contributed by atoms with Crippen molar-refractivity contribution in [2.45, 2.75) is 20.3 Å². The number of nitrogens with zero attached hydrogens (tertiary/aromatic N) is 2. The van der Waals surface area contributed by atoms with Crippen LogP contribution in [0.15, 0.2) is 78.3 Å². The largest absolute Gasteiger partial charge is 0.346 e.